The molecule has 0 bridgehead atoms. The van der Waals surface area contributed by atoms with E-state index in [1.165, 1.54) is 0 Å². The number of hydrogen-bond acceptors (Lipinski definition) is 1. The van der Waals surface area contributed by atoms with Gasteiger partial charge in [0, 0.05) is 27.1 Å². The largest absolute Gasteiger partial charge is 0.417 e. The Morgan fingerprint density at radius 2 is 0.703 bits per heavy atom. The van der Waals surface area contributed by atoms with Gasteiger partial charge in [-0.2, -0.15) is 31.6 Å². The van der Waals surface area contributed by atoms with E-state index in [9.17, 15) is 18.4 Å². The number of nitrogens with zero attached hydrogens (tertiary/aromatic N) is 3. The molecule has 0 amide bonds. The highest BCUT2D eigenvalue weighted by atomic mass is 19.4. The Labute approximate surface area is 370 Å². The quantitative estimate of drug-likeness (QED) is 0.163. The summed E-state index contributed by atoms with van der Waals surface area (Å²) in [5.41, 5.74) is 3.63. The average molecular weight is 870 g/mol. The average Bonchev–Trinajstić information content (AvgIpc) is 3.69. The predicted molar refractivity (Wildman–Crippen MR) is 250 cm³/mol. The van der Waals surface area contributed by atoms with Gasteiger partial charge in [-0.3, -0.25) is 0 Å². The summed E-state index contributed by atoms with van der Waals surface area (Å²) in [6, 6.07) is 32.4. The molecule has 8 rings (SSSR count). The van der Waals surface area contributed by atoms with Crippen LogP contribution >= 0.6 is 0 Å². The van der Waals surface area contributed by atoms with Crippen molar-refractivity contribution in [3.63, 3.8) is 0 Å². The van der Waals surface area contributed by atoms with Gasteiger partial charge in [0.25, 0.3) is 0 Å². The van der Waals surface area contributed by atoms with Crippen LogP contribution in [-0.2, 0) is 34.0 Å². The molecule has 0 saturated carbocycles. The van der Waals surface area contributed by atoms with E-state index < -0.39 is 29.0 Å². The van der Waals surface area contributed by atoms with E-state index in [0.29, 0.717) is 17.4 Å². The molecule has 0 fully saturated rings. The lowest BCUT2D eigenvalue weighted by Gasteiger charge is -2.24. The molecule has 3 nitrogen and oxygen atoms in total. The number of hydrogen-bond donors (Lipinski definition) is 0. The Morgan fingerprint density at radius 1 is 0.375 bits per heavy atom. The molecular formula is C55H53F6N3. The number of aromatic nitrogens is 2. The lowest BCUT2D eigenvalue weighted by molar-refractivity contribution is -0.142. The van der Waals surface area contributed by atoms with Crippen LogP contribution in [0, 0.1) is 11.3 Å². The van der Waals surface area contributed by atoms with Crippen LogP contribution in [0.4, 0.5) is 26.3 Å². The molecule has 2 heterocycles. The van der Waals surface area contributed by atoms with Crippen molar-refractivity contribution in [2.24, 2.45) is 0 Å². The second kappa shape index (κ2) is 14.5. The summed E-state index contributed by atoms with van der Waals surface area (Å²) in [7, 11) is 0. The minimum atomic E-state index is -5.18. The SMILES string of the molecule is CC(C)(C)c1ccc2c3ccc(C(C)(C)C)cc3n(-c3cc(C#N)c(-c4ccc(C(F)(F)F)cc4C(F)(F)F)cc3-n3c4cc(C(C)(C)C)ccc4c4ccc(C(C)(C)C)cc43)c2c1. The van der Waals surface area contributed by atoms with Crippen LogP contribution in [0.2, 0.25) is 0 Å². The molecule has 0 saturated heterocycles. The highest BCUT2D eigenvalue weighted by Crippen LogP contribution is 2.47. The lowest BCUT2D eigenvalue weighted by Crippen LogP contribution is -2.14. The Hall–Kier alpha value is -6.01. The molecular weight excluding hydrogens is 817 g/mol. The van der Waals surface area contributed by atoms with Crippen molar-refractivity contribution in [3.05, 3.63) is 142 Å². The minimum Gasteiger partial charge on any atom is -0.307 e. The van der Waals surface area contributed by atoms with Crippen molar-refractivity contribution in [2.45, 2.75) is 117 Å². The summed E-state index contributed by atoms with van der Waals surface area (Å²) in [5, 5.41) is 14.7. The van der Waals surface area contributed by atoms with Gasteiger partial charge < -0.3 is 9.13 Å². The molecule has 0 aliphatic heterocycles. The zero-order chi connectivity index (χ0) is 46.9. The molecule has 64 heavy (non-hydrogen) atoms. The molecule has 0 aliphatic carbocycles. The summed E-state index contributed by atoms with van der Waals surface area (Å²) >= 11 is 0. The Kier molecular flexibility index (Phi) is 10.1. The molecule has 9 heteroatoms. The number of alkyl halides is 6. The smallest absolute Gasteiger partial charge is 0.307 e. The molecule has 6 aromatic carbocycles. The fourth-order valence-electron chi connectivity index (χ4n) is 8.86. The third-order valence-electron chi connectivity index (χ3n) is 12.7. The fraction of sp³-hybridized carbons (Fsp3) is 0.327. The second-order valence-electron chi connectivity index (χ2n) is 21.4. The van der Waals surface area contributed by atoms with Crippen LogP contribution < -0.4 is 0 Å². The molecule has 8 aromatic rings. The first-order valence-electron chi connectivity index (χ1n) is 21.5. The second-order valence-corrected chi connectivity index (χ2v) is 21.4. The van der Waals surface area contributed by atoms with Crippen LogP contribution in [0.25, 0.3) is 66.1 Å². The van der Waals surface area contributed by atoms with E-state index in [-0.39, 0.29) is 38.9 Å². The summed E-state index contributed by atoms with van der Waals surface area (Å²) in [6.07, 6.45) is -10.2. The van der Waals surface area contributed by atoms with Crippen molar-refractivity contribution in [3.8, 4) is 28.6 Å². The van der Waals surface area contributed by atoms with Crippen LogP contribution in [0.3, 0.4) is 0 Å². The van der Waals surface area contributed by atoms with Gasteiger partial charge in [-0.25, -0.2) is 0 Å². The highest BCUT2D eigenvalue weighted by Gasteiger charge is 2.39. The first kappa shape index (κ1) is 44.6. The standard InChI is InChI=1S/C55H53F6N3/c1-50(2,3)32-13-19-38-39-20-14-33(51(4,5)6)26-45(39)63(44(38)25-32)48-23-31(30-62)42(37-18-17-36(54(56,57)58)24-43(37)55(59,60)61)29-49(48)64-46-27-34(52(7,8)9)15-21-40(46)41-22-16-35(28-47(41)64)53(10,11)12/h13-29H,1-12H3. The van der Waals surface area contributed by atoms with Crippen molar-refractivity contribution < 1.29 is 26.3 Å². The van der Waals surface area contributed by atoms with E-state index in [0.717, 1.165) is 71.9 Å². The Bertz CT molecular complexity index is 3090. The van der Waals surface area contributed by atoms with Crippen LogP contribution in [0.1, 0.15) is 122 Å². The van der Waals surface area contributed by atoms with Gasteiger partial charge in [-0.1, -0.05) is 138 Å². The van der Waals surface area contributed by atoms with Crippen molar-refractivity contribution >= 4 is 43.6 Å². The van der Waals surface area contributed by atoms with E-state index >= 15 is 13.2 Å². The Morgan fingerprint density at radius 3 is 1.00 bits per heavy atom. The fourth-order valence-corrected chi connectivity index (χ4v) is 8.86. The van der Waals surface area contributed by atoms with E-state index in [1.807, 2.05) is 0 Å². The topological polar surface area (TPSA) is 33.6 Å². The highest BCUT2D eigenvalue weighted by molar-refractivity contribution is 6.12. The van der Waals surface area contributed by atoms with Gasteiger partial charge in [0.2, 0.25) is 0 Å². The minimum absolute atomic E-state index is 0.121. The third kappa shape index (κ3) is 7.63. The zero-order valence-electron chi connectivity index (χ0n) is 38.4. The maximum atomic E-state index is 15.1. The molecule has 0 aliphatic rings. The van der Waals surface area contributed by atoms with Crippen molar-refractivity contribution in [1.82, 2.24) is 9.13 Å². The van der Waals surface area contributed by atoms with Gasteiger partial charge in [-0.15, -0.1) is 0 Å². The molecule has 2 aromatic heterocycles. The number of benzene rings is 6. The van der Waals surface area contributed by atoms with E-state index in [4.69, 9.17) is 0 Å². The van der Waals surface area contributed by atoms with Gasteiger partial charge in [0.05, 0.1) is 56.2 Å². The molecule has 0 unspecified atom stereocenters. The van der Waals surface area contributed by atoms with Crippen LogP contribution in [-0.4, -0.2) is 9.13 Å². The van der Waals surface area contributed by atoms with Crippen molar-refractivity contribution in [1.29, 1.82) is 5.26 Å². The summed E-state index contributed by atoms with van der Waals surface area (Å²) in [6.45, 7) is 25.5. The number of halogens is 6. The first-order chi connectivity index (χ1) is 29.5. The van der Waals surface area contributed by atoms with Gasteiger partial charge in [-0.05, 0) is 98.0 Å². The number of fused-ring (bicyclic) bond motifs is 6. The van der Waals surface area contributed by atoms with Crippen LogP contribution in [0.15, 0.2) is 103 Å². The molecule has 0 spiro atoms. The first-order valence-corrected chi connectivity index (χ1v) is 21.5. The van der Waals surface area contributed by atoms with E-state index in [2.05, 4.69) is 171 Å². The summed E-state index contributed by atoms with van der Waals surface area (Å²) in [4.78, 5) is 0. The zero-order valence-corrected chi connectivity index (χ0v) is 38.4. The number of nitriles is 1. The van der Waals surface area contributed by atoms with Crippen molar-refractivity contribution in [2.75, 3.05) is 0 Å². The predicted octanol–water partition coefficient (Wildman–Crippen LogP) is 16.6. The van der Waals surface area contributed by atoms with E-state index in [1.54, 1.807) is 12.1 Å². The maximum absolute atomic E-state index is 15.1. The molecule has 0 atom stereocenters. The lowest BCUT2D eigenvalue weighted by atomic mass is 9.86. The Balaban J connectivity index is 1.65. The van der Waals surface area contributed by atoms with Gasteiger partial charge in [0.1, 0.15) is 0 Å². The third-order valence-corrected chi connectivity index (χ3v) is 12.7. The monoisotopic (exact) mass is 869 g/mol. The summed E-state index contributed by atoms with van der Waals surface area (Å²) in [5.74, 6) is 0. The molecule has 0 radical (unpaired) electrons. The molecule has 0 N–H and O–H groups in total. The van der Waals surface area contributed by atoms with Crippen LogP contribution in [0.5, 0.6) is 0 Å². The van der Waals surface area contributed by atoms with Gasteiger partial charge >= 0.3 is 12.4 Å². The maximum Gasteiger partial charge on any atom is 0.417 e. The number of rotatable bonds is 3. The van der Waals surface area contributed by atoms with Gasteiger partial charge in [0.15, 0.2) is 0 Å². The normalized spacial score (nSPS) is 13.5. The summed E-state index contributed by atoms with van der Waals surface area (Å²) < 4.78 is 91.7. The molecule has 330 valence electrons.